The average molecular weight is 494 g/mol. The maximum atomic E-state index is 11.8. The molecule has 1 aliphatic rings. The van der Waals surface area contributed by atoms with E-state index < -0.39 is 0 Å². The first kappa shape index (κ1) is 23.2. The van der Waals surface area contributed by atoms with Gasteiger partial charge in [0.25, 0.3) is 0 Å². The summed E-state index contributed by atoms with van der Waals surface area (Å²) in [6.07, 6.45) is 3.52. The Labute approximate surface area is 177 Å². The Kier molecular flexibility index (Phi) is 10.5. The van der Waals surface area contributed by atoms with Gasteiger partial charge in [0.15, 0.2) is 5.96 Å². The molecule has 0 atom stereocenters. The number of carbonyl (C=O) groups excluding carboxylic acids is 1. The van der Waals surface area contributed by atoms with E-state index in [4.69, 9.17) is 4.74 Å². The molecule has 6 nitrogen and oxygen atoms in total. The molecule has 1 fully saturated rings. The highest BCUT2D eigenvalue weighted by Gasteiger charge is 2.41. The molecule has 0 spiro atoms. The van der Waals surface area contributed by atoms with Crippen molar-refractivity contribution in [2.75, 3.05) is 40.4 Å². The van der Waals surface area contributed by atoms with Gasteiger partial charge in [-0.2, -0.15) is 0 Å². The monoisotopic (exact) mass is 494 g/mol. The van der Waals surface area contributed by atoms with E-state index >= 15 is 0 Å². The van der Waals surface area contributed by atoms with Gasteiger partial charge < -0.3 is 20.3 Å². The number of rotatable bonds is 10. The fraction of sp³-hybridized carbons (Fsp3) is 0.667. The number of carbonyl (C=O) groups is 1. The van der Waals surface area contributed by atoms with Crippen LogP contribution in [-0.4, -0.2) is 57.2 Å². The van der Waals surface area contributed by atoms with E-state index in [2.05, 4.69) is 27.1 Å². The summed E-state index contributed by atoms with van der Waals surface area (Å²) < 4.78 is 5.50. The number of nitrogens with zero attached hydrogens (tertiary/aromatic N) is 2. The van der Waals surface area contributed by atoms with Crippen molar-refractivity contribution in [3.05, 3.63) is 22.4 Å². The molecule has 8 heteroatoms. The van der Waals surface area contributed by atoms with E-state index in [-0.39, 0.29) is 36.4 Å². The summed E-state index contributed by atoms with van der Waals surface area (Å²) in [4.78, 5) is 19.1. The summed E-state index contributed by atoms with van der Waals surface area (Å²) in [6, 6.07) is 4.12. The Balaban J connectivity index is 0.00000338. The molecule has 1 saturated carbocycles. The van der Waals surface area contributed by atoms with Crippen LogP contribution >= 0.6 is 35.3 Å². The zero-order valence-corrected chi connectivity index (χ0v) is 19.1. The summed E-state index contributed by atoms with van der Waals surface area (Å²) >= 11 is 1.71. The molecule has 0 unspecified atom stereocenters. The van der Waals surface area contributed by atoms with Crippen molar-refractivity contribution in [2.24, 2.45) is 10.4 Å². The van der Waals surface area contributed by atoms with Gasteiger partial charge in [0.1, 0.15) is 6.54 Å². The maximum absolute atomic E-state index is 11.8. The van der Waals surface area contributed by atoms with Gasteiger partial charge in [0.05, 0.1) is 6.54 Å². The van der Waals surface area contributed by atoms with Crippen LogP contribution in [0.2, 0.25) is 0 Å². The summed E-state index contributed by atoms with van der Waals surface area (Å²) in [7, 11) is 3.49. The number of thiophene rings is 1. The van der Waals surface area contributed by atoms with Gasteiger partial charge in [-0.1, -0.05) is 6.07 Å². The Bertz CT molecular complexity index is 560. The number of amides is 1. The maximum Gasteiger partial charge on any atom is 0.243 e. The van der Waals surface area contributed by atoms with Crippen LogP contribution in [0.1, 0.15) is 31.1 Å². The van der Waals surface area contributed by atoms with E-state index in [0.717, 1.165) is 26.2 Å². The van der Waals surface area contributed by atoms with Crippen molar-refractivity contribution in [3.8, 4) is 0 Å². The normalized spacial score (nSPS) is 15.1. The largest absolute Gasteiger partial charge is 0.382 e. The first-order chi connectivity index (χ1) is 12.0. The smallest absolute Gasteiger partial charge is 0.243 e. The first-order valence-corrected chi connectivity index (χ1v) is 9.75. The molecule has 0 saturated heterocycles. The zero-order chi connectivity index (χ0) is 18.1. The van der Waals surface area contributed by atoms with Crippen molar-refractivity contribution in [1.29, 1.82) is 0 Å². The number of hydrogen-bond donors (Lipinski definition) is 2. The second-order valence-electron chi connectivity index (χ2n) is 6.69. The van der Waals surface area contributed by atoms with Gasteiger partial charge in [-0.3, -0.25) is 4.79 Å². The summed E-state index contributed by atoms with van der Waals surface area (Å²) in [5.41, 5.74) is 0.326. The highest BCUT2D eigenvalue weighted by Crippen LogP contribution is 2.48. The fourth-order valence-corrected chi connectivity index (χ4v) is 3.09. The molecule has 1 aromatic heterocycles. The first-order valence-electron chi connectivity index (χ1n) is 8.87. The Morgan fingerprint density at radius 2 is 2.15 bits per heavy atom. The summed E-state index contributed by atoms with van der Waals surface area (Å²) in [5.74, 6) is 0.695. The Hall–Kier alpha value is -0.870. The quantitative estimate of drug-likeness (QED) is 0.227. The van der Waals surface area contributed by atoms with Gasteiger partial charge in [-0.05, 0) is 43.0 Å². The molecule has 1 amide bonds. The second kappa shape index (κ2) is 11.8. The minimum Gasteiger partial charge on any atom is -0.382 e. The van der Waals surface area contributed by atoms with Crippen LogP contribution in [0.15, 0.2) is 22.5 Å². The molecular weight excluding hydrogens is 463 g/mol. The SMILES string of the molecule is CCOCCC1(CNC(=NCC(=O)N(C)C)NCc2cccs2)CC1.I. The number of ether oxygens (including phenoxy) is 1. The van der Waals surface area contributed by atoms with Crippen LogP contribution in [0.5, 0.6) is 0 Å². The lowest BCUT2D eigenvalue weighted by molar-refractivity contribution is -0.127. The van der Waals surface area contributed by atoms with Crippen LogP contribution in [0.4, 0.5) is 0 Å². The van der Waals surface area contributed by atoms with Gasteiger partial charge >= 0.3 is 0 Å². The second-order valence-corrected chi connectivity index (χ2v) is 7.72. The zero-order valence-electron chi connectivity index (χ0n) is 15.9. The van der Waals surface area contributed by atoms with Gasteiger partial charge in [-0.25, -0.2) is 4.99 Å². The lowest BCUT2D eigenvalue weighted by Gasteiger charge is -2.19. The number of aliphatic imine (C=N–C) groups is 1. The van der Waals surface area contributed by atoms with E-state index in [1.807, 2.05) is 13.0 Å². The minimum atomic E-state index is -0.00490. The number of guanidine groups is 1. The fourth-order valence-electron chi connectivity index (χ4n) is 2.44. The third-order valence-corrected chi connectivity index (χ3v) is 5.33. The van der Waals surface area contributed by atoms with Gasteiger partial charge in [0, 0.05) is 38.7 Å². The Morgan fingerprint density at radius 1 is 1.38 bits per heavy atom. The van der Waals surface area contributed by atoms with Crippen molar-refractivity contribution in [3.63, 3.8) is 0 Å². The predicted molar refractivity (Wildman–Crippen MR) is 118 cm³/mol. The van der Waals surface area contributed by atoms with Crippen LogP contribution in [0.25, 0.3) is 0 Å². The van der Waals surface area contributed by atoms with Crippen molar-refractivity contribution >= 4 is 47.2 Å². The molecule has 1 aliphatic carbocycles. The van der Waals surface area contributed by atoms with Crippen molar-refractivity contribution < 1.29 is 9.53 Å². The van der Waals surface area contributed by atoms with Gasteiger partial charge in [0.2, 0.25) is 5.91 Å². The molecule has 0 aliphatic heterocycles. The summed E-state index contributed by atoms with van der Waals surface area (Å²) in [6.45, 7) is 5.34. The lowest BCUT2D eigenvalue weighted by atomic mass is 10.0. The van der Waals surface area contributed by atoms with Crippen LogP contribution in [0.3, 0.4) is 0 Å². The molecule has 1 aromatic rings. The third kappa shape index (κ3) is 8.22. The number of halogens is 1. The number of likely N-dealkylation sites (N-methyl/N-ethyl adjacent to an activating group) is 1. The van der Waals surface area contributed by atoms with E-state index in [1.54, 1.807) is 30.3 Å². The lowest BCUT2D eigenvalue weighted by Crippen LogP contribution is -2.41. The topological polar surface area (TPSA) is 66.0 Å². The molecule has 2 rings (SSSR count). The van der Waals surface area contributed by atoms with Crippen LogP contribution < -0.4 is 10.6 Å². The molecule has 0 radical (unpaired) electrons. The minimum absolute atomic E-state index is 0. The highest BCUT2D eigenvalue weighted by molar-refractivity contribution is 14.0. The molecular formula is C18H31IN4O2S. The molecule has 148 valence electrons. The molecule has 1 heterocycles. The van der Waals surface area contributed by atoms with E-state index in [9.17, 15) is 4.79 Å². The van der Waals surface area contributed by atoms with E-state index in [0.29, 0.717) is 17.9 Å². The molecule has 26 heavy (non-hydrogen) atoms. The Morgan fingerprint density at radius 3 is 2.73 bits per heavy atom. The third-order valence-electron chi connectivity index (χ3n) is 4.45. The summed E-state index contributed by atoms with van der Waals surface area (Å²) in [5, 5.41) is 8.81. The van der Waals surface area contributed by atoms with Crippen molar-refractivity contribution in [2.45, 2.75) is 32.7 Å². The predicted octanol–water partition coefficient (Wildman–Crippen LogP) is 2.70. The highest BCUT2D eigenvalue weighted by atomic mass is 127. The standard InChI is InChI=1S/C18H30N4O2S.HI/c1-4-24-10-9-18(7-8-18)14-21-17(20-13-16(23)22(2)3)19-12-15-6-5-11-25-15;/h5-6,11H,4,7-10,12-14H2,1-3H3,(H2,19,20,21);1H. The number of hydrogen-bond acceptors (Lipinski definition) is 4. The van der Waals surface area contributed by atoms with Crippen LogP contribution in [0, 0.1) is 5.41 Å². The molecule has 2 N–H and O–H groups in total. The molecule has 0 bridgehead atoms. The number of nitrogens with one attached hydrogen (secondary N) is 2. The average Bonchev–Trinajstić information content (AvgIpc) is 3.16. The van der Waals surface area contributed by atoms with Gasteiger partial charge in [-0.15, -0.1) is 35.3 Å². The van der Waals surface area contributed by atoms with Crippen LogP contribution in [-0.2, 0) is 16.1 Å². The van der Waals surface area contributed by atoms with E-state index in [1.165, 1.54) is 17.7 Å². The molecule has 0 aromatic carbocycles. The van der Waals surface area contributed by atoms with Crippen molar-refractivity contribution in [1.82, 2.24) is 15.5 Å².